The number of H-pyrrole nitrogens is 1. The number of carbonyl (C=O) groups is 1. The SMILES string of the molecule is O=C(NCCCN1CCOCC1)Nc1c[nH]c2c(F)cccc2c1=O. The van der Waals surface area contributed by atoms with Gasteiger partial charge in [-0.3, -0.25) is 9.69 Å². The highest BCUT2D eigenvalue weighted by molar-refractivity contribution is 5.91. The molecular formula is C17H21FN4O3. The first-order valence-corrected chi connectivity index (χ1v) is 8.30. The van der Waals surface area contributed by atoms with Gasteiger partial charge in [0.15, 0.2) is 0 Å². The number of fused-ring (bicyclic) bond motifs is 1. The third-order valence-electron chi connectivity index (χ3n) is 4.15. The minimum Gasteiger partial charge on any atom is -0.379 e. The number of hydrogen-bond acceptors (Lipinski definition) is 4. The van der Waals surface area contributed by atoms with Crippen molar-refractivity contribution in [2.45, 2.75) is 6.42 Å². The summed E-state index contributed by atoms with van der Waals surface area (Å²) in [4.78, 5) is 29.2. The van der Waals surface area contributed by atoms with Gasteiger partial charge in [-0.1, -0.05) is 6.07 Å². The van der Waals surface area contributed by atoms with Crippen LogP contribution in [0.1, 0.15) is 6.42 Å². The minimum atomic E-state index is -0.506. The van der Waals surface area contributed by atoms with Crippen molar-refractivity contribution in [2.75, 3.05) is 44.7 Å². The van der Waals surface area contributed by atoms with E-state index in [-0.39, 0.29) is 16.6 Å². The lowest BCUT2D eigenvalue weighted by Gasteiger charge is -2.26. The lowest BCUT2D eigenvalue weighted by Crippen LogP contribution is -2.38. The van der Waals surface area contributed by atoms with E-state index in [4.69, 9.17) is 4.74 Å². The van der Waals surface area contributed by atoms with Crippen LogP contribution in [-0.2, 0) is 4.74 Å². The molecule has 1 aromatic heterocycles. The second-order valence-corrected chi connectivity index (χ2v) is 5.88. The number of carbonyl (C=O) groups excluding carboxylic acids is 1. The number of morpholine rings is 1. The zero-order valence-corrected chi connectivity index (χ0v) is 13.8. The summed E-state index contributed by atoms with van der Waals surface area (Å²) in [6.45, 7) is 4.71. The molecule has 0 aliphatic carbocycles. The van der Waals surface area contributed by atoms with Gasteiger partial charge >= 0.3 is 6.03 Å². The number of anilines is 1. The van der Waals surface area contributed by atoms with Gasteiger partial charge in [0.2, 0.25) is 5.43 Å². The van der Waals surface area contributed by atoms with E-state index in [1.807, 2.05) is 0 Å². The molecule has 0 radical (unpaired) electrons. The zero-order valence-electron chi connectivity index (χ0n) is 13.8. The van der Waals surface area contributed by atoms with E-state index in [2.05, 4.69) is 20.5 Å². The number of hydrogen-bond donors (Lipinski definition) is 3. The first kappa shape index (κ1) is 17.4. The second kappa shape index (κ2) is 8.09. The average molecular weight is 348 g/mol. The van der Waals surface area contributed by atoms with E-state index in [1.54, 1.807) is 0 Å². The Morgan fingerprint density at radius 3 is 2.92 bits per heavy atom. The fourth-order valence-electron chi connectivity index (χ4n) is 2.80. The van der Waals surface area contributed by atoms with E-state index >= 15 is 0 Å². The molecule has 3 N–H and O–H groups in total. The standard InChI is InChI=1S/C17H21FN4O3/c18-13-4-1-3-12-15(13)20-11-14(16(12)23)21-17(24)19-5-2-6-22-7-9-25-10-8-22/h1,3-4,11H,2,5-10H2,(H,20,23)(H2,19,21,24). The number of urea groups is 1. The van der Waals surface area contributed by atoms with Crippen LogP contribution in [0.3, 0.4) is 0 Å². The van der Waals surface area contributed by atoms with E-state index in [9.17, 15) is 14.0 Å². The van der Waals surface area contributed by atoms with Gasteiger partial charge in [-0.15, -0.1) is 0 Å². The predicted octanol–water partition coefficient (Wildman–Crippen LogP) is 1.51. The number of aromatic nitrogens is 1. The Hall–Kier alpha value is -2.45. The fraction of sp³-hybridized carbons (Fsp3) is 0.412. The van der Waals surface area contributed by atoms with E-state index in [1.165, 1.54) is 24.4 Å². The Morgan fingerprint density at radius 1 is 1.32 bits per heavy atom. The molecule has 2 aromatic rings. The Balaban J connectivity index is 1.52. The maximum Gasteiger partial charge on any atom is 0.319 e. The first-order valence-electron chi connectivity index (χ1n) is 8.30. The van der Waals surface area contributed by atoms with Crippen LogP contribution in [0.5, 0.6) is 0 Å². The maximum absolute atomic E-state index is 13.6. The Kier molecular flexibility index (Phi) is 5.62. The van der Waals surface area contributed by atoms with Gasteiger partial charge in [-0.05, 0) is 25.1 Å². The lowest BCUT2D eigenvalue weighted by molar-refractivity contribution is 0.0375. The molecule has 2 amide bonds. The van der Waals surface area contributed by atoms with Crippen LogP contribution in [0.2, 0.25) is 0 Å². The number of rotatable bonds is 5. The van der Waals surface area contributed by atoms with Crippen LogP contribution >= 0.6 is 0 Å². The first-order chi connectivity index (χ1) is 12.1. The van der Waals surface area contributed by atoms with Crippen LogP contribution < -0.4 is 16.1 Å². The van der Waals surface area contributed by atoms with E-state index < -0.39 is 17.3 Å². The summed E-state index contributed by atoms with van der Waals surface area (Å²) in [5, 5.41) is 5.43. The van der Waals surface area contributed by atoms with Gasteiger partial charge in [0.25, 0.3) is 0 Å². The van der Waals surface area contributed by atoms with Crippen LogP contribution in [0.15, 0.2) is 29.2 Å². The monoisotopic (exact) mass is 348 g/mol. The molecule has 25 heavy (non-hydrogen) atoms. The van der Waals surface area contributed by atoms with Crippen molar-refractivity contribution < 1.29 is 13.9 Å². The smallest absolute Gasteiger partial charge is 0.319 e. The zero-order chi connectivity index (χ0) is 17.6. The summed E-state index contributed by atoms with van der Waals surface area (Å²) in [7, 11) is 0. The van der Waals surface area contributed by atoms with Gasteiger partial charge in [-0.25, -0.2) is 9.18 Å². The summed E-state index contributed by atoms with van der Waals surface area (Å²) < 4.78 is 18.9. The molecule has 1 aliphatic heterocycles. The molecule has 1 aromatic carbocycles. The molecule has 8 heteroatoms. The summed E-state index contributed by atoms with van der Waals surface area (Å²) in [6, 6.07) is 3.79. The second-order valence-electron chi connectivity index (χ2n) is 5.88. The summed E-state index contributed by atoms with van der Waals surface area (Å²) in [6.07, 6.45) is 2.12. The van der Waals surface area contributed by atoms with Crippen molar-refractivity contribution in [3.8, 4) is 0 Å². The topological polar surface area (TPSA) is 86.5 Å². The molecule has 0 bridgehead atoms. The van der Waals surface area contributed by atoms with Gasteiger partial charge in [0.1, 0.15) is 11.5 Å². The number of nitrogens with one attached hydrogen (secondary N) is 3. The number of nitrogens with zero attached hydrogens (tertiary/aromatic N) is 1. The molecule has 0 atom stereocenters. The maximum atomic E-state index is 13.6. The Bertz CT molecular complexity index is 802. The third-order valence-corrected chi connectivity index (χ3v) is 4.15. The molecule has 0 unspecified atom stereocenters. The summed E-state index contributed by atoms with van der Waals surface area (Å²) in [5.41, 5.74) is -0.204. The largest absolute Gasteiger partial charge is 0.379 e. The molecule has 1 saturated heterocycles. The van der Waals surface area contributed by atoms with Crippen molar-refractivity contribution in [3.05, 3.63) is 40.4 Å². The summed E-state index contributed by atoms with van der Waals surface area (Å²) in [5.74, 6) is -0.506. The highest BCUT2D eigenvalue weighted by Crippen LogP contribution is 2.13. The van der Waals surface area contributed by atoms with Gasteiger partial charge in [-0.2, -0.15) is 0 Å². The Labute approximate surface area is 144 Å². The van der Waals surface area contributed by atoms with Crippen molar-refractivity contribution in [3.63, 3.8) is 0 Å². The van der Waals surface area contributed by atoms with Crippen molar-refractivity contribution in [1.82, 2.24) is 15.2 Å². The summed E-state index contributed by atoms with van der Waals surface area (Å²) >= 11 is 0. The predicted molar refractivity (Wildman–Crippen MR) is 93.4 cm³/mol. The van der Waals surface area contributed by atoms with E-state index in [0.717, 1.165) is 39.3 Å². The van der Waals surface area contributed by atoms with Gasteiger partial charge in [0.05, 0.1) is 24.1 Å². The van der Waals surface area contributed by atoms with Crippen LogP contribution in [-0.4, -0.2) is 55.3 Å². The minimum absolute atomic E-state index is 0.0868. The molecule has 1 aliphatic rings. The molecule has 1 fully saturated rings. The number of halogens is 1. The molecule has 3 rings (SSSR count). The molecule has 7 nitrogen and oxygen atoms in total. The highest BCUT2D eigenvalue weighted by atomic mass is 19.1. The van der Waals surface area contributed by atoms with Crippen LogP contribution in [0.25, 0.3) is 10.9 Å². The molecule has 0 saturated carbocycles. The van der Waals surface area contributed by atoms with Crippen LogP contribution in [0.4, 0.5) is 14.9 Å². The van der Waals surface area contributed by atoms with Crippen molar-refractivity contribution >= 4 is 22.6 Å². The highest BCUT2D eigenvalue weighted by Gasteiger charge is 2.11. The van der Waals surface area contributed by atoms with Gasteiger partial charge in [0, 0.05) is 25.8 Å². The normalized spacial score (nSPS) is 15.2. The van der Waals surface area contributed by atoms with E-state index in [0.29, 0.717) is 6.54 Å². The number of aromatic amines is 1. The quantitative estimate of drug-likeness (QED) is 0.715. The lowest BCUT2D eigenvalue weighted by atomic mass is 10.2. The molecule has 134 valence electrons. The average Bonchev–Trinajstić information content (AvgIpc) is 2.63. The van der Waals surface area contributed by atoms with Gasteiger partial charge < -0.3 is 20.4 Å². The number of pyridine rings is 1. The fourth-order valence-corrected chi connectivity index (χ4v) is 2.80. The number of para-hydroxylation sites is 1. The Morgan fingerprint density at radius 2 is 2.12 bits per heavy atom. The molecule has 2 heterocycles. The number of benzene rings is 1. The van der Waals surface area contributed by atoms with Crippen LogP contribution in [0, 0.1) is 5.82 Å². The number of ether oxygens (including phenoxy) is 1. The van der Waals surface area contributed by atoms with Crippen molar-refractivity contribution in [1.29, 1.82) is 0 Å². The molecule has 0 spiro atoms. The number of amides is 2. The van der Waals surface area contributed by atoms with Crippen molar-refractivity contribution in [2.24, 2.45) is 0 Å². The molecular weight excluding hydrogens is 327 g/mol. The third kappa shape index (κ3) is 4.34.